The van der Waals surface area contributed by atoms with Crippen LogP contribution in [0.5, 0.6) is 5.75 Å². The van der Waals surface area contributed by atoms with Crippen LogP contribution >= 0.6 is 0 Å². The van der Waals surface area contributed by atoms with Crippen LogP contribution in [0.1, 0.15) is 61.3 Å². The molecule has 0 bridgehead atoms. The number of carboxylic acid groups (broad SMARTS) is 1. The van der Waals surface area contributed by atoms with Crippen LogP contribution in [0.25, 0.3) is 0 Å². The molecule has 0 aliphatic carbocycles. The van der Waals surface area contributed by atoms with Crippen LogP contribution in [0.4, 0.5) is 0 Å². The fourth-order valence-corrected chi connectivity index (χ4v) is 4.17. The number of ether oxygens (including phenoxy) is 1. The Labute approximate surface area is 204 Å². The molecule has 0 saturated carbocycles. The molecule has 0 unspecified atom stereocenters. The monoisotopic (exact) mass is 459 g/mol. The highest BCUT2D eigenvalue weighted by Gasteiger charge is 2.13. The van der Waals surface area contributed by atoms with Gasteiger partial charge in [-0.2, -0.15) is 0 Å². The molecular formula is C30H37NO3. The maximum Gasteiger partial charge on any atom is 0.307 e. The summed E-state index contributed by atoms with van der Waals surface area (Å²) in [5.74, 6) is 0.869. The van der Waals surface area contributed by atoms with Gasteiger partial charge in [-0.25, -0.2) is 0 Å². The van der Waals surface area contributed by atoms with E-state index in [0.717, 1.165) is 37.4 Å². The average Bonchev–Trinajstić information content (AvgIpc) is 2.82. The van der Waals surface area contributed by atoms with E-state index in [2.05, 4.69) is 80.3 Å². The lowest BCUT2D eigenvalue weighted by molar-refractivity contribution is -0.136. The van der Waals surface area contributed by atoms with E-state index in [-0.39, 0.29) is 6.42 Å². The second-order valence-corrected chi connectivity index (χ2v) is 9.36. The van der Waals surface area contributed by atoms with E-state index in [1.54, 1.807) is 0 Å². The molecule has 0 aromatic heterocycles. The number of nitrogens with zero attached hydrogens (tertiary/aromatic N) is 1. The molecule has 0 aliphatic heterocycles. The molecule has 0 saturated heterocycles. The number of hydrogen-bond donors (Lipinski definition) is 1. The van der Waals surface area contributed by atoms with Crippen LogP contribution in [0.2, 0.25) is 0 Å². The Morgan fingerprint density at radius 2 is 1.62 bits per heavy atom. The van der Waals surface area contributed by atoms with E-state index < -0.39 is 5.97 Å². The summed E-state index contributed by atoms with van der Waals surface area (Å²) < 4.78 is 5.94. The smallest absolute Gasteiger partial charge is 0.307 e. The lowest BCUT2D eigenvalue weighted by atomic mass is 9.99. The van der Waals surface area contributed by atoms with E-state index in [0.29, 0.717) is 18.4 Å². The summed E-state index contributed by atoms with van der Waals surface area (Å²) in [7, 11) is 0. The highest BCUT2D eigenvalue weighted by molar-refractivity contribution is 5.70. The van der Waals surface area contributed by atoms with Crippen molar-refractivity contribution < 1.29 is 14.6 Å². The van der Waals surface area contributed by atoms with E-state index >= 15 is 0 Å². The SMILES string of the molecule is CC(C)c1ccc(CN(CCCOc2cccc(CC(=O)O)c2)C[C@@H](C)c2ccccc2)cc1. The van der Waals surface area contributed by atoms with Gasteiger partial charge in [0.25, 0.3) is 0 Å². The molecule has 0 spiro atoms. The molecule has 0 amide bonds. The Balaban J connectivity index is 1.59. The van der Waals surface area contributed by atoms with Crippen molar-refractivity contribution in [1.82, 2.24) is 4.90 Å². The maximum absolute atomic E-state index is 11.0. The lowest BCUT2D eigenvalue weighted by Gasteiger charge is -2.26. The van der Waals surface area contributed by atoms with Crippen LogP contribution < -0.4 is 4.74 Å². The standard InChI is InChI=1S/C30H37NO3/c1-23(2)27-15-13-25(14-16-27)22-31(21-24(3)28-10-5-4-6-11-28)17-8-18-34-29-12-7-9-26(19-29)20-30(32)33/h4-7,9-16,19,23-24H,8,17-18,20-22H2,1-3H3,(H,32,33)/t24-/m1/s1. The normalized spacial score (nSPS) is 12.1. The van der Waals surface area contributed by atoms with Gasteiger partial charge < -0.3 is 9.84 Å². The molecule has 3 aromatic carbocycles. The first-order valence-corrected chi connectivity index (χ1v) is 12.2. The minimum atomic E-state index is -0.832. The van der Waals surface area contributed by atoms with Gasteiger partial charge in [-0.15, -0.1) is 0 Å². The highest BCUT2D eigenvalue weighted by Crippen LogP contribution is 2.20. The van der Waals surface area contributed by atoms with Crippen LogP contribution in [-0.2, 0) is 17.8 Å². The lowest BCUT2D eigenvalue weighted by Crippen LogP contribution is -2.29. The largest absolute Gasteiger partial charge is 0.494 e. The van der Waals surface area contributed by atoms with Crippen molar-refractivity contribution in [2.45, 2.75) is 52.0 Å². The van der Waals surface area contributed by atoms with Gasteiger partial charge in [0.2, 0.25) is 0 Å². The van der Waals surface area contributed by atoms with Gasteiger partial charge in [-0.05, 0) is 52.6 Å². The van der Waals surface area contributed by atoms with Crippen LogP contribution in [0.3, 0.4) is 0 Å². The topological polar surface area (TPSA) is 49.8 Å². The highest BCUT2D eigenvalue weighted by atomic mass is 16.5. The molecule has 0 fully saturated rings. The number of carbonyl (C=O) groups is 1. The second kappa shape index (κ2) is 13.0. The fraction of sp³-hybridized carbons (Fsp3) is 0.367. The molecule has 1 N–H and O–H groups in total. The predicted molar refractivity (Wildman–Crippen MR) is 139 cm³/mol. The summed E-state index contributed by atoms with van der Waals surface area (Å²) in [6.45, 7) is 10.1. The molecule has 0 aliphatic rings. The minimum Gasteiger partial charge on any atom is -0.494 e. The Morgan fingerprint density at radius 1 is 0.882 bits per heavy atom. The number of carboxylic acids is 1. The van der Waals surface area contributed by atoms with Crippen molar-refractivity contribution in [2.75, 3.05) is 19.7 Å². The zero-order chi connectivity index (χ0) is 24.3. The van der Waals surface area contributed by atoms with Crippen LogP contribution in [0, 0.1) is 0 Å². The Bertz CT molecular complexity index is 1010. The van der Waals surface area contributed by atoms with Crippen molar-refractivity contribution >= 4 is 5.97 Å². The maximum atomic E-state index is 11.0. The number of rotatable bonds is 13. The predicted octanol–water partition coefficient (Wildman–Crippen LogP) is 6.51. The van der Waals surface area contributed by atoms with Gasteiger partial charge in [0, 0.05) is 19.6 Å². The molecule has 3 aromatic rings. The zero-order valence-corrected chi connectivity index (χ0v) is 20.6. The Hall–Kier alpha value is -3.11. The molecule has 0 heterocycles. The summed E-state index contributed by atoms with van der Waals surface area (Å²) in [5.41, 5.74) is 4.81. The number of hydrogen-bond acceptors (Lipinski definition) is 3. The molecule has 34 heavy (non-hydrogen) atoms. The zero-order valence-electron chi connectivity index (χ0n) is 20.6. The number of aliphatic carboxylic acids is 1. The average molecular weight is 460 g/mol. The molecule has 4 nitrogen and oxygen atoms in total. The summed E-state index contributed by atoms with van der Waals surface area (Å²) >= 11 is 0. The first-order valence-electron chi connectivity index (χ1n) is 12.2. The third-order valence-electron chi connectivity index (χ3n) is 6.09. The van der Waals surface area contributed by atoms with Crippen molar-refractivity contribution in [3.05, 3.63) is 101 Å². The van der Waals surface area contributed by atoms with Crippen molar-refractivity contribution in [3.63, 3.8) is 0 Å². The Kier molecular flexibility index (Phi) is 9.72. The van der Waals surface area contributed by atoms with Crippen LogP contribution in [0.15, 0.2) is 78.9 Å². The molecule has 0 radical (unpaired) electrons. The van der Waals surface area contributed by atoms with E-state index in [1.807, 2.05) is 24.3 Å². The first-order chi connectivity index (χ1) is 16.4. The van der Waals surface area contributed by atoms with Crippen molar-refractivity contribution in [1.29, 1.82) is 0 Å². The van der Waals surface area contributed by atoms with Gasteiger partial charge in [0.05, 0.1) is 13.0 Å². The van der Waals surface area contributed by atoms with Gasteiger partial charge in [-0.1, -0.05) is 87.5 Å². The molecule has 180 valence electrons. The quantitative estimate of drug-likeness (QED) is 0.296. The van der Waals surface area contributed by atoms with Gasteiger partial charge >= 0.3 is 5.97 Å². The van der Waals surface area contributed by atoms with E-state index in [9.17, 15) is 4.79 Å². The van der Waals surface area contributed by atoms with Crippen molar-refractivity contribution in [2.24, 2.45) is 0 Å². The van der Waals surface area contributed by atoms with Gasteiger partial charge in [0.15, 0.2) is 0 Å². The second-order valence-electron chi connectivity index (χ2n) is 9.36. The third-order valence-corrected chi connectivity index (χ3v) is 6.09. The van der Waals surface area contributed by atoms with Gasteiger partial charge in [0.1, 0.15) is 5.75 Å². The minimum absolute atomic E-state index is 0.0119. The fourth-order valence-electron chi connectivity index (χ4n) is 4.17. The molecule has 3 rings (SSSR count). The first kappa shape index (κ1) is 25.5. The van der Waals surface area contributed by atoms with E-state index in [4.69, 9.17) is 9.84 Å². The number of benzene rings is 3. The Morgan fingerprint density at radius 3 is 2.29 bits per heavy atom. The third kappa shape index (κ3) is 8.35. The van der Waals surface area contributed by atoms with E-state index in [1.165, 1.54) is 16.7 Å². The molecular weight excluding hydrogens is 422 g/mol. The van der Waals surface area contributed by atoms with Crippen LogP contribution in [-0.4, -0.2) is 35.7 Å². The molecule has 1 atom stereocenters. The summed E-state index contributed by atoms with van der Waals surface area (Å²) in [6, 6.07) is 27.0. The molecule has 4 heteroatoms. The van der Waals surface area contributed by atoms with Crippen molar-refractivity contribution in [3.8, 4) is 5.75 Å². The summed E-state index contributed by atoms with van der Waals surface area (Å²) in [4.78, 5) is 13.5. The summed E-state index contributed by atoms with van der Waals surface area (Å²) in [5, 5.41) is 9.00. The van der Waals surface area contributed by atoms with Gasteiger partial charge in [-0.3, -0.25) is 9.69 Å². The summed E-state index contributed by atoms with van der Waals surface area (Å²) in [6.07, 6.45) is 0.909.